The predicted molar refractivity (Wildman–Crippen MR) is 102 cm³/mol. The Morgan fingerprint density at radius 2 is 1.20 bits per heavy atom. The Balaban J connectivity index is 2.16. The van der Waals surface area contributed by atoms with Crippen molar-refractivity contribution in [3.8, 4) is 0 Å². The molecule has 148 valence electrons. The van der Waals surface area contributed by atoms with Crippen LogP contribution in [0.15, 0.2) is 0 Å². The van der Waals surface area contributed by atoms with Gasteiger partial charge in [0, 0.05) is 31.6 Å². The molecule has 2 saturated heterocycles. The smallest absolute Gasteiger partial charge is 0.126 e. The summed E-state index contributed by atoms with van der Waals surface area (Å²) >= 11 is 0. The zero-order chi connectivity index (χ0) is 19.0. The van der Waals surface area contributed by atoms with Crippen LogP contribution in [0.3, 0.4) is 0 Å². The highest BCUT2D eigenvalue weighted by Crippen LogP contribution is 2.39. The number of hydrogen-bond acceptors (Lipinski definition) is 5. The van der Waals surface area contributed by atoms with Gasteiger partial charge in [-0.1, -0.05) is 20.8 Å². The lowest BCUT2D eigenvalue weighted by molar-refractivity contribution is -0.281. The third-order valence-corrected chi connectivity index (χ3v) is 5.78. The zero-order valence-corrected chi connectivity index (χ0v) is 17.8. The molecular weight excluding hydrogens is 316 g/mol. The maximum absolute atomic E-state index is 6.82. The number of hydrogen-bond donors (Lipinski definition) is 0. The predicted octanol–water partition coefficient (Wildman–Crippen LogP) is 3.33. The summed E-state index contributed by atoms with van der Waals surface area (Å²) in [6.07, 6.45) is 1.00. The van der Waals surface area contributed by atoms with Gasteiger partial charge < -0.3 is 14.2 Å². The van der Waals surface area contributed by atoms with Crippen molar-refractivity contribution in [1.29, 1.82) is 0 Å². The molecule has 0 N–H and O–H groups in total. The maximum atomic E-state index is 6.82. The first-order chi connectivity index (χ1) is 11.4. The standard InChI is InChI=1S/C20H40N2O3/c1-14-10-21(11-15(2)23-14)18(5)25-20(9,19(6,7)8)22-12-16(3)24-17(4)13-22/h14-18H,10-13H2,1-9H3. The van der Waals surface area contributed by atoms with E-state index >= 15 is 0 Å². The van der Waals surface area contributed by atoms with E-state index in [9.17, 15) is 0 Å². The van der Waals surface area contributed by atoms with Crippen molar-refractivity contribution in [2.45, 2.75) is 98.7 Å². The molecule has 2 aliphatic heterocycles. The Kier molecular flexibility index (Phi) is 6.59. The first kappa shape index (κ1) is 21.1. The molecule has 2 aliphatic rings. The second kappa shape index (κ2) is 7.81. The SMILES string of the molecule is CC1CN(C(C)OC(C)(N2CC(C)OC(C)C2)C(C)(C)C)CC(C)O1. The van der Waals surface area contributed by atoms with Gasteiger partial charge in [-0.05, 0) is 41.5 Å². The highest BCUT2D eigenvalue weighted by Gasteiger charge is 2.48. The highest BCUT2D eigenvalue weighted by atomic mass is 16.6. The average molecular weight is 357 g/mol. The normalized spacial score (nSPS) is 36.8. The summed E-state index contributed by atoms with van der Waals surface area (Å²) in [5.41, 5.74) is -0.370. The molecule has 6 atom stereocenters. The lowest BCUT2D eigenvalue weighted by Gasteiger charge is -2.54. The van der Waals surface area contributed by atoms with E-state index in [1.54, 1.807) is 0 Å². The summed E-state index contributed by atoms with van der Waals surface area (Å²) in [6, 6.07) is 0. The lowest BCUT2D eigenvalue weighted by atomic mass is 9.82. The minimum atomic E-state index is -0.358. The Hall–Kier alpha value is -0.200. The van der Waals surface area contributed by atoms with Crippen molar-refractivity contribution in [3.63, 3.8) is 0 Å². The van der Waals surface area contributed by atoms with Gasteiger partial charge in [-0.15, -0.1) is 0 Å². The van der Waals surface area contributed by atoms with Gasteiger partial charge in [-0.2, -0.15) is 0 Å². The van der Waals surface area contributed by atoms with Gasteiger partial charge in [-0.3, -0.25) is 9.80 Å². The van der Waals surface area contributed by atoms with Crippen LogP contribution >= 0.6 is 0 Å². The monoisotopic (exact) mass is 356 g/mol. The largest absolute Gasteiger partial charge is 0.373 e. The van der Waals surface area contributed by atoms with Crippen LogP contribution in [-0.2, 0) is 14.2 Å². The van der Waals surface area contributed by atoms with Crippen LogP contribution in [0.4, 0.5) is 0 Å². The molecule has 0 aliphatic carbocycles. The maximum Gasteiger partial charge on any atom is 0.126 e. The molecule has 5 heteroatoms. The summed E-state index contributed by atoms with van der Waals surface area (Å²) < 4.78 is 18.6. The van der Waals surface area contributed by atoms with Crippen LogP contribution in [0.1, 0.15) is 62.3 Å². The molecule has 0 aromatic rings. The zero-order valence-electron chi connectivity index (χ0n) is 17.8. The van der Waals surface area contributed by atoms with Crippen LogP contribution in [0.25, 0.3) is 0 Å². The van der Waals surface area contributed by atoms with Crippen LogP contribution in [-0.4, -0.2) is 72.3 Å². The summed E-state index contributed by atoms with van der Waals surface area (Å²) in [5.74, 6) is 0. The summed E-state index contributed by atoms with van der Waals surface area (Å²) in [6.45, 7) is 23.5. The Morgan fingerprint density at radius 3 is 1.60 bits per heavy atom. The molecule has 0 saturated carbocycles. The van der Waals surface area contributed by atoms with Crippen molar-refractivity contribution >= 4 is 0 Å². The molecule has 2 rings (SSSR count). The second-order valence-electron chi connectivity index (χ2n) is 9.32. The van der Waals surface area contributed by atoms with E-state index in [1.165, 1.54) is 0 Å². The topological polar surface area (TPSA) is 34.2 Å². The van der Waals surface area contributed by atoms with Gasteiger partial charge in [0.25, 0.3) is 0 Å². The summed E-state index contributed by atoms with van der Waals surface area (Å²) in [5, 5.41) is 0. The number of rotatable bonds is 4. The molecule has 6 unspecified atom stereocenters. The minimum absolute atomic E-state index is 0.0123. The van der Waals surface area contributed by atoms with E-state index in [-0.39, 0.29) is 41.8 Å². The number of nitrogens with zero attached hydrogens (tertiary/aromatic N) is 2. The summed E-state index contributed by atoms with van der Waals surface area (Å²) in [7, 11) is 0. The Bertz CT molecular complexity index is 419. The fourth-order valence-corrected chi connectivity index (χ4v) is 4.17. The first-order valence-electron chi connectivity index (χ1n) is 9.90. The van der Waals surface area contributed by atoms with E-state index in [4.69, 9.17) is 14.2 Å². The van der Waals surface area contributed by atoms with Crippen LogP contribution < -0.4 is 0 Å². The van der Waals surface area contributed by atoms with E-state index in [0.29, 0.717) is 0 Å². The first-order valence-corrected chi connectivity index (χ1v) is 9.90. The van der Waals surface area contributed by atoms with E-state index < -0.39 is 0 Å². The average Bonchev–Trinajstić information content (AvgIpc) is 2.43. The molecule has 2 fully saturated rings. The van der Waals surface area contributed by atoms with Gasteiger partial charge in [-0.25, -0.2) is 0 Å². The third-order valence-electron chi connectivity index (χ3n) is 5.78. The van der Waals surface area contributed by atoms with E-state index in [1.807, 2.05) is 0 Å². The molecule has 2 heterocycles. The molecule has 0 bridgehead atoms. The molecule has 0 aromatic heterocycles. The fourth-order valence-electron chi connectivity index (χ4n) is 4.17. The van der Waals surface area contributed by atoms with E-state index in [2.05, 4.69) is 72.1 Å². The summed E-state index contributed by atoms with van der Waals surface area (Å²) in [4.78, 5) is 4.89. The van der Waals surface area contributed by atoms with Gasteiger partial charge in [0.05, 0.1) is 24.4 Å². The Morgan fingerprint density at radius 1 is 0.800 bits per heavy atom. The highest BCUT2D eigenvalue weighted by molar-refractivity contribution is 4.93. The molecule has 0 aromatic carbocycles. The quantitative estimate of drug-likeness (QED) is 0.772. The van der Waals surface area contributed by atoms with Crippen molar-refractivity contribution < 1.29 is 14.2 Å². The van der Waals surface area contributed by atoms with Gasteiger partial charge in [0.1, 0.15) is 12.0 Å². The molecule has 25 heavy (non-hydrogen) atoms. The number of ether oxygens (including phenoxy) is 3. The van der Waals surface area contributed by atoms with E-state index in [0.717, 1.165) is 26.2 Å². The fraction of sp³-hybridized carbons (Fsp3) is 1.00. The van der Waals surface area contributed by atoms with Gasteiger partial charge >= 0.3 is 0 Å². The van der Waals surface area contributed by atoms with Gasteiger partial charge in [0.2, 0.25) is 0 Å². The lowest BCUT2D eigenvalue weighted by Crippen LogP contribution is -2.65. The molecular formula is C20H40N2O3. The second-order valence-corrected chi connectivity index (χ2v) is 9.32. The van der Waals surface area contributed by atoms with Crippen molar-refractivity contribution in [3.05, 3.63) is 0 Å². The minimum Gasteiger partial charge on any atom is -0.373 e. The van der Waals surface area contributed by atoms with Crippen LogP contribution in [0.2, 0.25) is 0 Å². The van der Waals surface area contributed by atoms with Crippen molar-refractivity contribution in [2.75, 3.05) is 26.2 Å². The number of morpholine rings is 2. The Labute approximate surface area is 155 Å². The molecule has 5 nitrogen and oxygen atoms in total. The molecule has 0 spiro atoms. The van der Waals surface area contributed by atoms with Crippen molar-refractivity contribution in [1.82, 2.24) is 9.80 Å². The van der Waals surface area contributed by atoms with Gasteiger partial charge in [0.15, 0.2) is 0 Å². The van der Waals surface area contributed by atoms with Crippen LogP contribution in [0, 0.1) is 5.41 Å². The third kappa shape index (κ3) is 4.95. The van der Waals surface area contributed by atoms with Crippen LogP contribution in [0.5, 0.6) is 0 Å². The molecule has 0 radical (unpaired) electrons. The van der Waals surface area contributed by atoms with Crippen molar-refractivity contribution in [2.24, 2.45) is 5.41 Å². The molecule has 0 amide bonds.